The van der Waals surface area contributed by atoms with Crippen molar-refractivity contribution >= 4 is 40.0 Å². The molecule has 0 saturated carbocycles. The number of aromatic carboxylic acids is 1. The number of esters is 1. The van der Waals surface area contributed by atoms with Crippen molar-refractivity contribution in [3.05, 3.63) is 59.7 Å². The van der Waals surface area contributed by atoms with Crippen LogP contribution in [0.15, 0.2) is 48.5 Å². The number of hydrogen-bond acceptors (Lipinski definition) is 6. The smallest absolute Gasteiger partial charge is 0.343 e. The number of carboxylic acids is 1. The molecule has 2 heterocycles. The second-order valence-corrected chi connectivity index (χ2v) is 5.83. The molecule has 0 bridgehead atoms. The van der Waals surface area contributed by atoms with Crippen LogP contribution in [0.3, 0.4) is 0 Å². The van der Waals surface area contributed by atoms with Gasteiger partial charge in [-0.25, -0.2) is 19.6 Å². The van der Waals surface area contributed by atoms with Crippen molar-refractivity contribution in [2.45, 2.75) is 0 Å². The number of nitrogen functional groups attached to an aromatic ring is 1. The van der Waals surface area contributed by atoms with Crippen molar-refractivity contribution in [1.82, 2.24) is 14.5 Å². The number of hydrogen-bond donors (Lipinski definition) is 2. The SMILES string of the molecule is COC(=O)c1c(N)n(-c2cccc(C(=O)O)c2)c2nc3ccccc3nc12. The Balaban J connectivity index is 2.12. The molecule has 0 saturated heterocycles. The molecule has 0 atom stereocenters. The number of anilines is 1. The summed E-state index contributed by atoms with van der Waals surface area (Å²) in [6.07, 6.45) is 0. The van der Waals surface area contributed by atoms with Crippen LogP contribution in [0.25, 0.3) is 27.9 Å². The van der Waals surface area contributed by atoms with Crippen LogP contribution >= 0.6 is 0 Å². The third-order valence-electron chi connectivity index (χ3n) is 4.24. The monoisotopic (exact) mass is 362 g/mol. The number of fused-ring (bicyclic) bond motifs is 2. The largest absolute Gasteiger partial charge is 0.478 e. The molecule has 0 spiro atoms. The number of ether oxygens (including phenoxy) is 1. The molecule has 8 nitrogen and oxygen atoms in total. The summed E-state index contributed by atoms with van der Waals surface area (Å²) in [6, 6.07) is 13.4. The summed E-state index contributed by atoms with van der Waals surface area (Å²) in [4.78, 5) is 32.8. The molecule has 0 fully saturated rings. The molecule has 0 radical (unpaired) electrons. The van der Waals surface area contributed by atoms with Gasteiger partial charge in [-0.1, -0.05) is 18.2 Å². The molecule has 4 aromatic rings. The molecule has 8 heteroatoms. The number of nitrogens with two attached hydrogens (primary N) is 1. The van der Waals surface area contributed by atoms with E-state index in [-0.39, 0.29) is 16.9 Å². The van der Waals surface area contributed by atoms with E-state index in [1.165, 1.54) is 23.8 Å². The fourth-order valence-electron chi connectivity index (χ4n) is 3.00. The predicted molar refractivity (Wildman–Crippen MR) is 99.1 cm³/mol. The van der Waals surface area contributed by atoms with Gasteiger partial charge in [0, 0.05) is 5.69 Å². The van der Waals surface area contributed by atoms with Crippen LogP contribution in [-0.2, 0) is 4.74 Å². The summed E-state index contributed by atoms with van der Waals surface area (Å²) >= 11 is 0. The third-order valence-corrected chi connectivity index (χ3v) is 4.24. The zero-order chi connectivity index (χ0) is 19.1. The van der Waals surface area contributed by atoms with Crippen molar-refractivity contribution in [1.29, 1.82) is 0 Å². The molecule has 0 amide bonds. The maximum Gasteiger partial charge on any atom is 0.343 e. The number of carbonyl (C=O) groups excluding carboxylic acids is 1. The minimum atomic E-state index is -1.07. The van der Waals surface area contributed by atoms with E-state index >= 15 is 0 Å². The minimum Gasteiger partial charge on any atom is -0.478 e. The highest BCUT2D eigenvalue weighted by atomic mass is 16.5. The second-order valence-electron chi connectivity index (χ2n) is 5.83. The van der Waals surface area contributed by atoms with E-state index in [9.17, 15) is 14.7 Å². The lowest BCUT2D eigenvalue weighted by molar-refractivity contribution is 0.0603. The van der Waals surface area contributed by atoms with Gasteiger partial charge < -0.3 is 15.6 Å². The lowest BCUT2D eigenvalue weighted by Crippen LogP contribution is -2.08. The van der Waals surface area contributed by atoms with Crippen LogP contribution in [0.2, 0.25) is 0 Å². The second kappa shape index (κ2) is 6.10. The van der Waals surface area contributed by atoms with Gasteiger partial charge in [-0.3, -0.25) is 4.57 Å². The van der Waals surface area contributed by atoms with Crippen molar-refractivity contribution < 1.29 is 19.4 Å². The van der Waals surface area contributed by atoms with E-state index in [0.717, 1.165) is 0 Å². The number of aromatic nitrogens is 3. The quantitative estimate of drug-likeness (QED) is 0.537. The van der Waals surface area contributed by atoms with Gasteiger partial charge in [0.2, 0.25) is 0 Å². The highest BCUT2D eigenvalue weighted by molar-refractivity contribution is 6.09. The predicted octanol–water partition coefficient (Wildman–Crippen LogP) is 2.64. The van der Waals surface area contributed by atoms with Gasteiger partial charge in [0.25, 0.3) is 0 Å². The highest BCUT2D eigenvalue weighted by Gasteiger charge is 2.25. The van der Waals surface area contributed by atoms with Crippen LogP contribution in [-0.4, -0.2) is 38.7 Å². The van der Waals surface area contributed by atoms with Crippen molar-refractivity contribution in [2.75, 3.05) is 12.8 Å². The van der Waals surface area contributed by atoms with Crippen LogP contribution in [0.5, 0.6) is 0 Å². The molecule has 2 aromatic carbocycles. The van der Waals surface area contributed by atoms with Gasteiger partial charge in [-0.05, 0) is 30.3 Å². The normalized spacial score (nSPS) is 11.0. The molecule has 0 unspecified atom stereocenters. The Bertz CT molecular complexity index is 1230. The fraction of sp³-hybridized carbons (Fsp3) is 0.0526. The van der Waals surface area contributed by atoms with Gasteiger partial charge in [0.15, 0.2) is 5.65 Å². The molecule has 0 aliphatic heterocycles. The lowest BCUT2D eigenvalue weighted by atomic mass is 10.2. The number of methoxy groups -OCH3 is 1. The van der Waals surface area contributed by atoms with Gasteiger partial charge in [0.1, 0.15) is 16.9 Å². The average molecular weight is 362 g/mol. The van der Waals surface area contributed by atoms with E-state index in [0.29, 0.717) is 27.9 Å². The number of carboxylic acid groups (broad SMARTS) is 1. The zero-order valence-electron chi connectivity index (χ0n) is 14.2. The molecule has 0 aliphatic rings. The Hall–Kier alpha value is -3.94. The average Bonchev–Trinajstić information content (AvgIpc) is 2.96. The topological polar surface area (TPSA) is 120 Å². The molecule has 4 rings (SSSR count). The Morgan fingerprint density at radius 3 is 2.44 bits per heavy atom. The lowest BCUT2D eigenvalue weighted by Gasteiger charge is -2.08. The summed E-state index contributed by atoms with van der Waals surface area (Å²) in [5.41, 5.74) is 8.73. The van der Waals surface area contributed by atoms with Crippen molar-refractivity contribution in [2.24, 2.45) is 0 Å². The van der Waals surface area contributed by atoms with E-state index < -0.39 is 11.9 Å². The van der Waals surface area contributed by atoms with Crippen LogP contribution in [0.4, 0.5) is 5.82 Å². The molecule has 27 heavy (non-hydrogen) atoms. The number of carbonyl (C=O) groups is 2. The Kier molecular flexibility index (Phi) is 3.73. The van der Waals surface area contributed by atoms with Crippen molar-refractivity contribution in [3.63, 3.8) is 0 Å². The van der Waals surface area contributed by atoms with Gasteiger partial charge in [-0.2, -0.15) is 0 Å². The summed E-state index contributed by atoms with van der Waals surface area (Å²) < 4.78 is 6.36. The fourth-order valence-corrected chi connectivity index (χ4v) is 3.00. The molecule has 3 N–H and O–H groups in total. The first-order valence-electron chi connectivity index (χ1n) is 8.00. The number of rotatable bonds is 3. The Morgan fingerprint density at radius 1 is 1.07 bits per heavy atom. The van der Waals surface area contributed by atoms with Crippen LogP contribution < -0.4 is 5.73 Å². The van der Waals surface area contributed by atoms with E-state index in [1.807, 2.05) is 12.1 Å². The summed E-state index contributed by atoms with van der Waals surface area (Å²) in [5, 5.41) is 9.27. The zero-order valence-corrected chi connectivity index (χ0v) is 14.2. The van der Waals surface area contributed by atoms with Gasteiger partial charge >= 0.3 is 11.9 Å². The maximum atomic E-state index is 12.3. The first kappa shape index (κ1) is 16.5. The van der Waals surface area contributed by atoms with Crippen LogP contribution in [0, 0.1) is 0 Å². The van der Waals surface area contributed by atoms with E-state index in [2.05, 4.69) is 9.97 Å². The standard InChI is InChI=1S/C19H14N4O4/c1-27-19(26)14-15-17(22-13-8-3-2-7-12(13)21-15)23(16(14)20)11-6-4-5-10(9-11)18(24)25/h2-9H,20H2,1H3,(H,24,25). The van der Waals surface area contributed by atoms with Crippen LogP contribution in [0.1, 0.15) is 20.7 Å². The van der Waals surface area contributed by atoms with Gasteiger partial charge in [0.05, 0.1) is 23.7 Å². The van der Waals surface area contributed by atoms with Crippen molar-refractivity contribution in [3.8, 4) is 5.69 Å². The molecule has 0 aliphatic carbocycles. The molecular formula is C19H14N4O4. The molecule has 134 valence electrons. The third kappa shape index (κ3) is 2.54. The highest BCUT2D eigenvalue weighted by Crippen LogP contribution is 2.31. The number of nitrogens with zero attached hydrogens (tertiary/aromatic N) is 3. The number of benzene rings is 2. The Morgan fingerprint density at radius 2 is 1.78 bits per heavy atom. The summed E-state index contributed by atoms with van der Waals surface area (Å²) in [5.74, 6) is -1.64. The molecule has 2 aromatic heterocycles. The molecular weight excluding hydrogens is 348 g/mol. The van der Waals surface area contributed by atoms with E-state index in [1.54, 1.807) is 24.3 Å². The summed E-state index contributed by atoms with van der Waals surface area (Å²) in [6.45, 7) is 0. The minimum absolute atomic E-state index is 0.0784. The summed E-state index contributed by atoms with van der Waals surface area (Å²) in [7, 11) is 1.25. The number of para-hydroxylation sites is 2. The maximum absolute atomic E-state index is 12.3. The van der Waals surface area contributed by atoms with Gasteiger partial charge in [-0.15, -0.1) is 0 Å². The van der Waals surface area contributed by atoms with E-state index in [4.69, 9.17) is 10.5 Å². The first-order chi connectivity index (χ1) is 13.0. The Labute approximate surface area is 152 Å². The first-order valence-corrected chi connectivity index (χ1v) is 8.00.